The zero-order valence-corrected chi connectivity index (χ0v) is 13.7. The van der Waals surface area contributed by atoms with Crippen LogP contribution in [0, 0.1) is 5.92 Å². The van der Waals surface area contributed by atoms with Crippen LogP contribution < -0.4 is 11.1 Å². The molecule has 0 saturated carbocycles. The highest BCUT2D eigenvalue weighted by atomic mass is 35.5. The van der Waals surface area contributed by atoms with Gasteiger partial charge in [-0.1, -0.05) is 25.4 Å². The van der Waals surface area contributed by atoms with Crippen molar-refractivity contribution >= 4 is 44.6 Å². The van der Waals surface area contributed by atoms with E-state index >= 15 is 0 Å². The number of hydrogen-bond acceptors (Lipinski definition) is 4. The van der Waals surface area contributed by atoms with E-state index in [4.69, 9.17) is 22.1 Å². The van der Waals surface area contributed by atoms with Crippen LogP contribution in [0.3, 0.4) is 0 Å². The Balaban J connectivity index is 1.98. The Morgan fingerprint density at radius 1 is 1.48 bits per heavy atom. The molecule has 2 aromatic rings. The molecule has 114 valence electrons. The fourth-order valence-electron chi connectivity index (χ4n) is 1.90. The summed E-state index contributed by atoms with van der Waals surface area (Å²) < 4.78 is 6.34. The van der Waals surface area contributed by atoms with E-state index in [2.05, 4.69) is 19.2 Å². The first-order valence-corrected chi connectivity index (χ1v) is 8.02. The van der Waals surface area contributed by atoms with Gasteiger partial charge in [0.2, 0.25) is 0 Å². The Bertz CT molecular complexity index is 640. The third kappa shape index (κ3) is 4.09. The molecule has 0 radical (unpaired) electrons. The van der Waals surface area contributed by atoms with Crippen molar-refractivity contribution in [3.05, 3.63) is 28.1 Å². The molecule has 3 N–H and O–H groups in total. The fraction of sp³-hybridized carbons (Fsp3) is 0.400. The third-order valence-corrected chi connectivity index (χ3v) is 4.28. The maximum absolute atomic E-state index is 12.1. The number of nitrogen functional groups attached to an aromatic ring is 1. The first kappa shape index (κ1) is 16.1. The summed E-state index contributed by atoms with van der Waals surface area (Å²) in [7, 11) is 0. The molecule has 0 aliphatic rings. The van der Waals surface area contributed by atoms with Crippen LogP contribution in [-0.2, 0) is 4.74 Å². The standard InChI is InChI=1S/C15H19ClN2O2S/c1-9(2)8-20-6-5-18-15(19)14-13(17)11-4-3-10(16)7-12(11)21-14/h3-4,7,9H,5-6,8,17H2,1-2H3,(H,18,19). The number of amides is 1. The molecule has 1 aromatic carbocycles. The van der Waals surface area contributed by atoms with Gasteiger partial charge < -0.3 is 15.8 Å². The highest BCUT2D eigenvalue weighted by Crippen LogP contribution is 2.35. The largest absolute Gasteiger partial charge is 0.397 e. The maximum atomic E-state index is 12.1. The summed E-state index contributed by atoms with van der Waals surface area (Å²) in [6, 6.07) is 5.43. The van der Waals surface area contributed by atoms with Crippen molar-refractivity contribution in [3.63, 3.8) is 0 Å². The van der Waals surface area contributed by atoms with E-state index in [-0.39, 0.29) is 5.91 Å². The Hall–Kier alpha value is -1.30. The number of fused-ring (bicyclic) bond motifs is 1. The number of halogens is 1. The van der Waals surface area contributed by atoms with Gasteiger partial charge in [0.1, 0.15) is 4.88 Å². The molecule has 6 heteroatoms. The van der Waals surface area contributed by atoms with Crippen LogP contribution in [0.2, 0.25) is 5.02 Å². The Labute approximate surface area is 133 Å². The lowest BCUT2D eigenvalue weighted by Gasteiger charge is -2.07. The van der Waals surface area contributed by atoms with E-state index in [1.54, 1.807) is 6.07 Å². The van der Waals surface area contributed by atoms with Gasteiger partial charge >= 0.3 is 0 Å². The van der Waals surface area contributed by atoms with Crippen LogP contribution in [0.4, 0.5) is 5.69 Å². The normalized spacial score (nSPS) is 11.2. The number of hydrogen-bond donors (Lipinski definition) is 2. The molecular weight excluding hydrogens is 308 g/mol. The van der Waals surface area contributed by atoms with Crippen molar-refractivity contribution in [3.8, 4) is 0 Å². The van der Waals surface area contributed by atoms with Crippen molar-refractivity contribution in [2.24, 2.45) is 5.92 Å². The molecule has 1 heterocycles. The number of carbonyl (C=O) groups is 1. The minimum Gasteiger partial charge on any atom is -0.397 e. The smallest absolute Gasteiger partial charge is 0.263 e. The van der Waals surface area contributed by atoms with Crippen LogP contribution in [-0.4, -0.2) is 25.7 Å². The first-order valence-electron chi connectivity index (χ1n) is 6.82. The molecule has 21 heavy (non-hydrogen) atoms. The third-order valence-electron chi connectivity index (χ3n) is 2.88. The maximum Gasteiger partial charge on any atom is 0.263 e. The minimum absolute atomic E-state index is 0.169. The number of rotatable bonds is 6. The summed E-state index contributed by atoms with van der Waals surface area (Å²) in [6.07, 6.45) is 0. The lowest BCUT2D eigenvalue weighted by Crippen LogP contribution is -2.27. The molecular formula is C15H19ClN2O2S. The number of ether oxygens (including phenoxy) is 1. The Kier molecular flexibility index (Phi) is 5.45. The highest BCUT2D eigenvalue weighted by Gasteiger charge is 2.16. The van der Waals surface area contributed by atoms with Gasteiger partial charge in [-0.15, -0.1) is 11.3 Å². The summed E-state index contributed by atoms with van der Waals surface area (Å²) in [5.41, 5.74) is 6.54. The number of thiophene rings is 1. The zero-order chi connectivity index (χ0) is 15.4. The van der Waals surface area contributed by atoms with Gasteiger partial charge in [0.25, 0.3) is 5.91 Å². The first-order chi connectivity index (χ1) is 9.99. The average molecular weight is 327 g/mol. The molecule has 1 amide bonds. The summed E-state index contributed by atoms with van der Waals surface area (Å²) in [5.74, 6) is 0.321. The molecule has 0 saturated heterocycles. The van der Waals surface area contributed by atoms with Crippen molar-refractivity contribution in [2.75, 3.05) is 25.5 Å². The quantitative estimate of drug-likeness (QED) is 0.798. The highest BCUT2D eigenvalue weighted by molar-refractivity contribution is 7.21. The van der Waals surface area contributed by atoms with E-state index in [1.807, 2.05) is 12.1 Å². The molecule has 0 fully saturated rings. The molecule has 0 spiro atoms. The van der Waals surface area contributed by atoms with E-state index in [0.29, 0.717) is 41.3 Å². The number of benzene rings is 1. The lowest BCUT2D eigenvalue weighted by atomic mass is 10.2. The molecule has 1 aromatic heterocycles. The molecule has 2 rings (SSSR count). The van der Waals surface area contributed by atoms with Gasteiger partial charge in [-0.25, -0.2) is 0 Å². The van der Waals surface area contributed by atoms with Crippen LogP contribution in [0.15, 0.2) is 18.2 Å². The molecule has 0 atom stereocenters. The summed E-state index contributed by atoms with van der Waals surface area (Å²) in [6.45, 7) is 5.84. The minimum atomic E-state index is -0.169. The Morgan fingerprint density at radius 2 is 2.24 bits per heavy atom. The van der Waals surface area contributed by atoms with Crippen molar-refractivity contribution < 1.29 is 9.53 Å². The predicted molar refractivity (Wildman–Crippen MR) is 89.2 cm³/mol. The van der Waals surface area contributed by atoms with Crippen molar-refractivity contribution in [1.82, 2.24) is 5.32 Å². The topological polar surface area (TPSA) is 64.3 Å². The number of anilines is 1. The van der Waals surface area contributed by atoms with Crippen LogP contribution in [0.25, 0.3) is 10.1 Å². The molecule has 4 nitrogen and oxygen atoms in total. The second-order valence-corrected chi connectivity index (χ2v) is 6.70. The molecule has 0 unspecified atom stereocenters. The second-order valence-electron chi connectivity index (χ2n) is 5.21. The second kappa shape index (κ2) is 7.11. The SMILES string of the molecule is CC(C)COCCNC(=O)c1sc2cc(Cl)ccc2c1N. The molecule has 0 bridgehead atoms. The number of nitrogens with one attached hydrogen (secondary N) is 1. The van der Waals surface area contributed by atoms with E-state index in [1.165, 1.54) is 11.3 Å². The Morgan fingerprint density at radius 3 is 2.95 bits per heavy atom. The van der Waals surface area contributed by atoms with E-state index in [9.17, 15) is 4.79 Å². The van der Waals surface area contributed by atoms with Gasteiger partial charge in [-0.3, -0.25) is 4.79 Å². The summed E-state index contributed by atoms with van der Waals surface area (Å²) in [4.78, 5) is 12.7. The molecule has 0 aliphatic carbocycles. The van der Waals surface area contributed by atoms with Crippen molar-refractivity contribution in [1.29, 1.82) is 0 Å². The molecule has 0 aliphatic heterocycles. The summed E-state index contributed by atoms with van der Waals surface area (Å²) in [5, 5.41) is 4.33. The monoisotopic (exact) mass is 326 g/mol. The lowest BCUT2D eigenvalue weighted by molar-refractivity contribution is 0.0890. The number of nitrogens with two attached hydrogens (primary N) is 1. The van der Waals surface area contributed by atoms with Crippen molar-refractivity contribution in [2.45, 2.75) is 13.8 Å². The summed E-state index contributed by atoms with van der Waals surface area (Å²) >= 11 is 7.31. The van der Waals surface area contributed by atoms with E-state index in [0.717, 1.165) is 10.1 Å². The van der Waals surface area contributed by atoms with Gasteiger partial charge in [0.15, 0.2) is 0 Å². The van der Waals surface area contributed by atoms with Crippen LogP contribution >= 0.6 is 22.9 Å². The average Bonchev–Trinajstić information content (AvgIpc) is 2.74. The fourth-order valence-corrected chi connectivity index (χ4v) is 3.21. The predicted octanol–water partition coefficient (Wildman–Crippen LogP) is 3.54. The number of carbonyl (C=O) groups excluding carboxylic acids is 1. The van der Waals surface area contributed by atoms with Gasteiger partial charge in [-0.05, 0) is 24.1 Å². The van der Waals surface area contributed by atoms with Gasteiger partial charge in [-0.2, -0.15) is 0 Å². The van der Waals surface area contributed by atoms with Gasteiger partial charge in [0.05, 0.1) is 12.3 Å². The van der Waals surface area contributed by atoms with Gasteiger partial charge in [0, 0.05) is 28.3 Å². The van der Waals surface area contributed by atoms with E-state index < -0.39 is 0 Å². The van der Waals surface area contributed by atoms with Crippen LogP contribution in [0.1, 0.15) is 23.5 Å². The van der Waals surface area contributed by atoms with Crippen LogP contribution in [0.5, 0.6) is 0 Å². The zero-order valence-electron chi connectivity index (χ0n) is 12.1.